The lowest BCUT2D eigenvalue weighted by Crippen LogP contribution is -2.46. The van der Waals surface area contributed by atoms with Crippen LogP contribution in [0.3, 0.4) is 0 Å². The molecule has 1 aromatic heterocycles. The largest absolute Gasteiger partial charge is 0.368 e. The van der Waals surface area contributed by atoms with Gasteiger partial charge in [-0.2, -0.15) is 5.26 Å². The van der Waals surface area contributed by atoms with E-state index in [4.69, 9.17) is 10.2 Å². The van der Waals surface area contributed by atoms with Gasteiger partial charge in [0.15, 0.2) is 0 Å². The molecule has 0 radical (unpaired) electrons. The molecular formula is C32H27F2N5. The number of halogens is 2. The number of hydrogen-bond acceptors (Lipinski definition) is 5. The Bertz CT molecular complexity index is 1510. The molecular weight excluding hydrogens is 492 g/mol. The third-order valence-corrected chi connectivity index (χ3v) is 7.56. The van der Waals surface area contributed by atoms with Crippen molar-refractivity contribution in [2.75, 3.05) is 36.0 Å². The number of nitrogens with zero attached hydrogens (tertiary/aromatic N) is 5. The first kappa shape index (κ1) is 24.7. The number of pyridine rings is 1. The van der Waals surface area contributed by atoms with Crippen LogP contribution in [0.15, 0.2) is 90.1 Å². The molecule has 0 saturated carbocycles. The van der Waals surface area contributed by atoms with Crippen LogP contribution >= 0.6 is 0 Å². The molecule has 39 heavy (non-hydrogen) atoms. The van der Waals surface area contributed by atoms with E-state index in [2.05, 4.69) is 45.1 Å². The van der Waals surface area contributed by atoms with Gasteiger partial charge in [0.05, 0.1) is 23.2 Å². The maximum absolute atomic E-state index is 14.2. The zero-order chi connectivity index (χ0) is 26.8. The van der Waals surface area contributed by atoms with E-state index in [0.29, 0.717) is 17.7 Å². The van der Waals surface area contributed by atoms with Gasteiger partial charge >= 0.3 is 0 Å². The fraction of sp³-hybridized carbons (Fsp3) is 0.219. The van der Waals surface area contributed by atoms with E-state index in [1.807, 2.05) is 42.6 Å². The van der Waals surface area contributed by atoms with Gasteiger partial charge in [-0.05, 0) is 72.5 Å². The summed E-state index contributed by atoms with van der Waals surface area (Å²) in [5.41, 5.74) is 5.44. The Balaban J connectivity index is 1.09. The lowest BCUT2D eigenvalue weighted by molar-refractivity contribution is 0.578. The second-order valence-electron chi connectivity index (χ2n) is 9.89. The van der Waals surface area contributed by atoms with Crippen molar-refractivity contribution in [1.29, 1.82) is 5.26 Å². The third-order valence-electron chi connectivity index (χ3n) is 7.56. The minimum absolute atomic E-state index is 0.00143. The molecule has 0 bridgehead atoms. The van der Waals surface area contributed by atoms with Crippen LogP contribution < -0.4 is 9.80 Å². The van der Waals surface area contributed by atoms with Crippen LogP contribution in [-0.4, -0.2) is 36.9 Å². The van der Waals surface area contributed by atoms with Crippen LogP contribution in [0, 0.1) is 23.0 Å². The number of benzene rings is 3. The van der Waals surface area contributed by atoms with Crippen molar-refractivity contribution >= 4 is 17.2 Å². The summed E-state index contributed by atoms with van der Waals surface area (Å²) in [6, 6.07) is 26.1. The average Bonchev–Trinajstić information content (AvgIpc) is 3.47. The van der Waals surface area contributed by atoms with Crippen LogP contribution in [0.2, 0.25) is 0 Å². The number of rotatable bonds is 5. The number of piperazine rings is 1. The molecule has 0 amide bonds. The molecule has 3 heterocycles. The number of anilines is 2. The quantitative estimate of drug-likeness (QED) is 0.300. The summed E-state index contributed by atoms with van der Waals surface area (Å²) < 4.78 is 28.4. The van der Waals surface area contributed by atoms with Crippen LogP contribution in [0.1, 0.15) is 35.6 Å². The summed E-state index contributed by atoms with van der Waals surface area (Å²) in [6.45, 7) is 3.54. The molecule has 6 rings (SSSR count). The Morgan fingerprint density at radius 3 is 2.08 bits per heavy atom. The molecule has 7 heteroatoms. The zero-order valence-corrected chi connectivity index (χ0v) is 21.4. The summed E-state index contributed by atoms with van der Waals surface area (Å²) in [4.78, 5) is 14.0. The van der Waals surface area contributed by atoms with E-state index in [-0.39, 0.29) is 11.6 Å². The first-order valence-corrected chi connectivity index (χ1v) is 13.2. The highest BCUT2D eigenvalue weighted by atomic mass is 19.1. The SMILES string of the molecule is N#Cc1ccc(N2CCN(c3ccc(-c4ccc(C5CCC(c6c(F)cccc6F)=N5)cc4)cn3)CC2)cc1. The van der Waals surface area contributed by atoms with E-state index >= 15 is 0 Å². The van der Waals surface area contributed by atoms with Crippen molar-refractivity contribution in [1.82, 2.24) is 4.98 Å². The van der Waals surface area contributed by atoms with Gasteiger partial charge in [0, 0.05) is 49.3 Å². The minimum Gasteiger partial charge on any atom is -0.368 e. The van der Waals surface area contributed by atoms with E-state index in [9.17, 15) is 8.78 Å². The number of hydrogen-bond donors (Lipinski definition) is 0. The Morgan fingerprint density at radius 1 is 0.769 bits per heavy atom. The Hall–Kier alpha value is -4.57. The van der Waals surface area contributed by atoms with Crippen molar-refractivity contribution in [2.45, 2.75) is 18.9 Å². The predicted octanol–water partition coefficient (Wildman–Crippen LogP) is 6.55. The van der Waals surface area contributed by atoms with Gasteiger partial charge in [-0.15, -0.1) is 0 Å². The molecule has 1 unspecified atom stereocenters. The van der Waals surface area contributed by atoms with Gasteiger partial charge in [0.2, 0.25) is 0 Å². The van der Waals surface area contributed by atoms with Crippen molar-refractivity contribution in [3.8, 4) is 17.2 Å². The van der Waals surface area contributed by atoms with E-state index < -0.39 is 11.6 Å². The average molecular weight is 520 g/mol. The van der Waals surface area contributed by atoms with Crippen LogP contribution in [0.5, 0.6) is 0 Å². The Labute approximate surface area is 226 Å². The van der Waals surface area contributed by atoms with Gasteiger partial charge in [-0.1, -0.05) is 30.3 Å². The number of aromatic nitrogens is 1. The molecule has 194 valence electrons. The van der Waals surface area contributed by atoms with Gasteiger partial charge in [-0.25, -0.2) is 13.8 Å². The van der Waals surface area contributed by atoms with Gasteiger partial charge in [-0.3, -0.25) is 4.99 Å². The molecule has 3 aromatic carbocycles. The molecule has 5 nitrogen and oxygen atoms in total. The van der Waals surface area contributed by atoms with Gasteiger partial charge < -0.3 is 9.80 Å². The molecule has 2 aliphatic heterocycles. The van der Waals surface area contributed by atoms with E-state index in [1.54, 1.807) is 0 Å². The standard InChI is InChI=1S/C32H27F2N5/c33-27-2-1-3-28(34)32(27)30-14-13-29(37-30)24-8-6-23(7-9-24)25-10-15-31(36-21-25)39-18-16-38(17-19-39)26-11-4-22(20-35)5-12-26/h1-12,15,21,29H,13-14,16-19H2. The first-order chi connectivity index (χ1) is 19.1. The van der Waals surface area contributed by atoms with Crippen molar-refractivity contribution in [3.05, 3.63) is 113 Å². The zero-order valence-electron chi connectivity index (χ0n) is 21.4. The normalized spacial score (nSPS) is 17.2. The molecule has 0 aliphatic carbocycles. The van der Waals surface area contributed by atoms with E-state index in [0.717, 1.165) is 60.8 Å². The van der Waals surface area contributed by atoms with Gasteiger partial charge in [0.1, 0.15) is 17.5 Å². The summed E-state index contributed by atoms with van der Waals surface area (Å²) in [5, 5.41) is 9.01. The summed E-state index contributed by atoms with van der Waals surface area (Å²) in [6.07, 6.45) is 3.19. The summed E-state index contributed by atoms with van der Waals surface area (Å²) in [7, 11) is 0. The third kappa shape index (κ3) is 5.10. The topological polar surface area (TPSA) is 55.5 Å². The molecule has 1 atom stereocenters. The maximum atomic E-state index is 14.2. The molecule has 1 saturated heterocycles. The smallest absolute Gasteiger partial charge is 0.135 e. The first-order valence-electron chi connectivity index (χ1n) is 13.2. The number of nitriles is 1. The van der Waals surface area contributed by atoms with Crippen molar-refractivity contribution < 1.29 is 8.78 Å². The molecule has 4 aromatic rings. The Morgan fingerprint density at radius 2 is 1.44 bits per heavy atom. The second kappa shape index (κ2) is 10.7. The molecule has 0 N–H and O–H groups in total. The second-order valence-corrected chi connectivity index (χ2v) is 9.89. The van der Waals surface area contributed by atoms with Crippen LogP contribution in [-0.2, 0) is 0 Å². The van der Waals surface area contributed by atoms with Gasteiger partial charge in [0.25, 0.3) is 0 Å². The molecule has 0 spiro atoms. The van der Waals surface area contributed by atoms with Crippen molar-refractivity contribution in [2.24, 2.45) is 4.99 Å². The van der Waals surface area contributed by atoms with E-state index in [1.165, 1.54) is 18.2 Å². The highest BCUT2D eigenvalue weighted by Crippen LogP contribution is 2.33. The fourth-order valence-electron chi connectivity index (χ4n) is 5.38. The van der Waals surface area contributed by atoms with Crippen LogP contribution in [0.4, 0.5) is 20.3 Å². The summed E-state index contributed by atoms with van der Waals surface area (Å²) >= 11 is 0. The van der Waals surface area contributed by atoms with Crippen LogP contribution in [0.25, 0.3) is 11.1 Å². The highest BCUT2D eigenvalue weighted by molar-refractivity contribution is 6.02. The Kier molecular flexibility index (Phi) is 6.76. The number of aliphatic imine (C=N–C) groups is 1. The lowest BCUT2D eigenvalue weighted by Gasteiger charge is -2.36. The molecule has 1 fully saturated rings. The summed E-state index contributed by atoms with van der Waals surface area (Å²) in [5.74, 6) is -0.161. The monoisotopic (exact) mass is 519 g/mol. The predicted molar refractivity (Wildman–Crippen MR) is 150 cm³/mol. The highest BCUT2D eigenvalue weighted by Gasteiger charge is 2.24. The minimum atomic E-state index is -0.561. The lowest BCUT2D eigenvalue weighted by atomic mass is 10.00. The maximum Gasteiger partial charge on any atom is 0.135 e. The van der Waals surface area contributed by atoms with Crippen molar-refractivity contribution in [3.63, 3.8) is 0 Å². The molecule has 2 aliphatic rings. The fourth-order valence-corrected chi connectivity index (χ4v) is 5.38.